The van der Waals surface area contributed by atoms with Gasteiger partial charge in [0.2, 0.25) is 0 Å². The van der Waals surface area contributed by atoms with E-state index in [-0.39, 0.29) is 13.2 Å². The van der Waals surface area contributed by atoms with Crippen LogP contribution in [-0.4, -0.2) is 42.7 Å². The molecule has 0 aromatic rings. The highest BCUT2D eigenvalue weighted by molar-refractivity contribution is 5.72. The second-order valence-electron chi connectivity index (χ2n) is 1.68. The maximum atomic E-state index is 9.71. The van der Waals surface area contributed by atoms with Gasteiger partial charge in [-0.2, -0.15) is 0 Å². The number of amides is 2. The molecule has 0 saturated heterocycles. The maximum Gasteiger partial charge on any atom is 0.343 e. The summed E-state index contributed by atoms with van der Waals surface area (Å²) in [6.07, 6.45) is 0. The van der Waals surface area contributed by atoms with Crippen molar-refractivity contribution in [1.82, 2.24) is 10.9 Å². The highest BCUT2D eigenvalue weighted by Crippen LogP contribution is 1.68. The minimum Gasteiger partial charge on any atom is -0.394 e. The molecule has 0 heterocycles. The topological polar surface area (TPSA) is 143 Å². The van der Waals surface area contributed by atoms with Crippen LogP contribution in [0.1, 0.15) is 0 Å². The van der Waals surface area contributed by atoms with Gasteiger partial charge in [-0.1, -0.05) is 0 Å². The third-order valence-corrected chi connectivity index (χ3v) is 0.733. The Labute approximate surface area is 75.8 Å². The van der Waals surface area contributed by atoms with E-state index in [9.17, 15) is 4.79 Å². The summed E-state index contributed by atoms with van der Waals surface area (Å²) in [4.78, 5) is 9.71. The minimum absolute atomic E-state index is 0.0278. The van der Waals surface area contributed by atoms with Crippen molar-refractivity contribution < 1.29 is 19.7 Å². The molecule has 0 aromatic carbocycles. The van der Waals surface area contributed by atoms with Gasteiger partial charge in [-0.25, -0.2) is 16.5 Å². The van der Waals surface area contributed by atoms with Gasteiger partial charge in [0.15, 0.2) is 0 Å². The highest BCUT2D eigenvalue weighted by atomic mass is 16.5. The Kier molecular flexibility index (Phi) is 15.3. The molecule has 0 aromatic heterocycles. The number of carbonyl (C=O) groups excluding carboxylic acids is 1. The van der Waals surface area contributed by atoms with E-state index in [0.717, 1.165) is 0 Å². The van der Waals surface area contributed by atoms with Crippen LogP contribution in [0.2, 0.25) is 0 Å². The van der Waals surface area contributed by atoms with Crippen molar-refractivity contribution in [3.05, 3.63) is 0 Å². The fourth-order valence-electron chi connectivity index (χ4n) is 0.273. The van der Waals surface area contributed by atoms with Gasteiger partial charge in [0.25, 0.3) is 0 Å². The smallest absolute Gasteiger partial charge is 0.343 e. The van der Waals surface area contributed by atoms with Crippen LogP contribution >= 0.6 is 0 Å². The van der Waals surface area contributed by atoms with Crippen LogP contribution in [-0.2, 0) is 4.74 Å². The first-order chi connectivity index (χ1) is 6.22. The average Bonchev–Trinajstić information content (AvgIpc) is 2.18. The van der Waals surface area contributed by atoms with E-state index in [1.165, 1.54) is 0 Å². The SMILES string of the molecule is NNC(=O)NN.OCCOCCO. The summed E-state index contributed by atoms with van der Waals surface area (Å²) in [6.45, 7) is 0.696. The number of carbonyl (C=O) groups is 1. The van der Waals surface area contributed by atoms with E-state index >= 15 is 0 Å². The Bertz CT molecular complexity index is 103. The first-order valence-corrected chi connectivity index (χ1v) is 3.49. The zero-order valence-corrected chi connectivity index (χ0v) is 7.19. The Morgan fingerprint density at radius 3 is 1.69 bits per heavy atom. The number of hydrogen-bond acceptors (Lipinski definition) is 6. The van der Waals surface area contributed by atoms with Gasteiger partial charge in [0.05, 0.1) is 26.4 Å². The lowest BCUT2D eigenvalue weighted by molar-refractivity contribution is 0.0650. The van der Waals surface area contributed by atoms with E-state index in [1.807, 2.05) is 0 Å². The number of hydrazine groups is 2. The number of aliphatic hydroxyl groups excluding tert-OH is 2. The highest BCUT2D eigenvalue weighted by Gasteiger charge is 1.83. The molecular weight excluding hydrogens is 180 g/mol. The van der Waals surface area contributed by atoms with Crippen molar-refractivity contribution in [2.75, 3.05) is 26.4 Å². The Morgan fingerprint density at radius 2 is 1.54 bits per heavy atom. The molecule has 8 nitrogen and oxygen atoms in total. The summed E-state index contributed by atoms with van der Waals surface area (Å²) in [5, 5.41) is 16.2. The van der Waals surface area contributed by atoms with E-state index in [0.29, 0.717) is 13.2 Å². The summed E-state index contributed by atoms with van der Waals surface area (Å²) in [6, 6.07) is -0.602. The fourth-order valence-corrected chi connectivity index (χ4v) is 0.273. The molecule has 8 heteroatoms. The molecule has 13 heavy (non-hydrogen) atoms. The zero-order chi connectivity index (χ0) is 10.5. The molecule has 0 aliphatic rings. The predicted molar refractivity (Wildman–Crippen MR) is 45.0 cm³/mol. The molecular formula is C5H16N4O4. The summed E-state index contributed by atoms with van der Waals surface area (Å²) in [5.74, 6) is 9.08. The van der Waals surface area contributed by atoms with Crippen LogP contribution in [0.25, 0.3) is 0 Å². The van der Waals surface area contributed by atoms with E-state index in [4.69, 9.17) is 10.2 Å². The first-order valence-electron chi connectivity index (χ1n) is 3.49. The molecule has 8 N–H and O–H groups in total. The number of urea groups is 1. The molecule has 0 unspecified atom stereocenters. The number of rotatable bonds is 4. The van der Waals surface area contributed by atoms with Gasteiger partial charge in [0.1, 0.15) is 0 Å². The molecule has 2 amide bonds. The normalized spacial score (nSPS) is 8.31. The number of hydrogen-bond donors (Lipinski definition) is 6. The van der Waals surface area contributed by atoms with E-state index in [1.54, 1.807) is 10.9 Å². The maximum absolute atomic E-state index is 9.71. The monoisotopic (exact) mass is 196 g/mol. The lowest BCUT2D eigenvalue weighted by Crippen LogP contribution is -2.43. The van der Waals surface area contributed by atoms with Crippen LogP contribution in [0.15, 0.2) is 0 Å². The van der Waals surface area contributed by atoms with Crippen molar-refractivity contribution in [3.8, 4) is 0 Å². The van der Waals surface area contributed by atoms with E-state index < -0.39 is 6.03 Å². The fraction of sp³-hybridized carbons (Fsp3) is 0.800. The van der Waals surface area contributed by atoms with Crippen molar-refractivity contribution in [1.29, 1.82) is 0 Å². The first kappa shape index (κ1) is 14.6. The summed E-state index contributed by atoms with van der Waals surface area (Å²) in [5.41, 5.74) is 3.48. The molecule has 0 bridgehead atoms. The van der Waals surface area contributed by atoms with Crippen LogP contribution < -0.4 is 22.5 Å². The largest absolute Gasteiger partial charge is 0.394 e. The second kappa shape index (κ2) is 13.6. The van der Waals surface area contributed by atoms with Crippen LogP contribution in [0.3, 0.4) is 0 Å². The quantitative estimate of drug-likeness (QED) is 0.122. The number of nitrogens with one attached hydrogen (secondary N) is 2. The Morgan fingerprint density at radius 1 is 1.15 bits per heavy atom. The lowest BCUT2D eigenvalue weighted by atomic mass is 10.7. The standard InChI is InChI=1S/C4H10O3.CH6N4O/c5-1-3-7-4-2-6;2-4-1(6)5-3/h5-6H,1-4H2;2-3H2,(H2,4,5,6). The molecule has 0 fully saturated rings. The third kappa shape index (κ3) is 18.2. The van der Waals surface area contributed by atoms with Crippen LogP contribution in [0, 0.1) is 0 Å². The van der Waals surface area contributed by atoms with Gasteiger partial charge < -0.3 is 14.9 Å². The Balaban J connectivity index is 0. The molecule has 0 atom stereocenters. The van der Waals surface area contributed by atoms with Gasteiger partial charge >= 0.3 is 6.03 Å². The van der Waals surface area contributed by atoms with Crippen molar-refractivity contribution in [2.45, 2.75) is 0 Å². The Hall–Kier alpha value is -0.930. The molecule has 0 aliphatic heterocycles. The van der Waals surface area contributed by atoms with Crippen LogP contribution in [0.5, 0.6) is 0 Å². The van der Waals surface area contributed by atoms with Crippen molar-refractivity contribution in [2.24, 2.45) is 11.7 Å². The molecule has 0 aliphatic carbocycles. The average molecular weight is 196 g/mol. The summed E-state index contributed by atoms with van der Waals surface area (Å²) >= 11 is 0. The minimum atomic E-state index is -0.602. The predicted octanol–water partition coefficient (Wildman–Crippen LogP) is -2.98. The molecule has 0 radical (unpaired) electrons. The van der Waals surface area contributed by atoms with Gasteiger partial charge in [-0.15, -0.1) is 0 Å². The number of ether oxygens (including phenoxy) is 1. The molecule has 0 spiro atoms. The van der Waals surface area contributed by atoms with E-state index in [2.05, 4.69) is 16.4 Å². The van der Waals surface area contributed by atoms with Gasteiger partial charge in [-0.3, -0.25) is 10.9 Å². The number of nitrogens with two attached hydrogens (primary N) is 2. The van der Waals surface area contributed by atoms with Gasteiger partial charge in [0, 0.05) is 0 Å². The zero-order valence-electron chi connectivity index (χ0n) is 7.19. The second-order valence-corrected chi connectivity index (χ2v) is 1.68. The summed E-state index contributed by atoms with van der Waals surface area (Å²) in [7, 11) is 0. The van der Waals surface area contributed by atoms with Crippen molar-refractivity contribution >= 4 is 6.03 Å². The third-order valence-electron chi connectivity index (χ3n) is 0.733. The van der Waals surface area contributed by atoms with Gasteiger partial charge in [-0.05, 0) is 0 Å². The van der Waals surface area contributed by atoms with Crippen LogP contribution in [0.4, 0.5) is 4.79 Å². The van der Waals surface area contributed by atoms with Crippen molar-refractivity contribution in [3.63, 3.8) is 0 Å². The molecule has 80 valence electrons. The lowest BCUT2D eigenvalue weighted by Gasteiger charge is -1.94. The molecule has 0 rings (SSSR count). The summed E-state index contributed by atoms with van der Waals surface area (Å²) < 4.78 is 4.63. The number of aliphatic hydroxyl groups is 2. The molecule has 0 saturated carbocycles.